The van der Waals surface area contributed by atoms with Crippen LogP contribution in [-0.4, -0.2) is 68.1 Å². The van der Waals surface area contributed by atoms with E-state index in [-0.39, 0.29) is 21.6 Å². The van der Waals surface area contributed by atoms with Crippen molar-refractivity contribution in [2.75, 3.05) is 67.2 Å². The first-order chi connectivity index (χ1) is 19.4. The van der Waals surface area contributed by atoms with E-state index in [1.54, 1.807) is 4.57 Å². The second-order valence-corrected chi connectivity index (χ2v) is 10.3. The molecule has 3 heterocycles. The van der Waals surface area contributed by atoms with Gasteiger partial charge in [0.1, 0.15) is 11.4 Å². The highest BCUT2D eigenvalue weighted by Crippen LogP contribution is 2.37. The number of carboxylic acid groups (broad SMARTS) is 1. The maximum Gasteiger partial charge on any atom is 0.341 e. The average Bonchev–Trinajstić information content (AvgIpc) is 2.99. The summed E-state index contributed by atoms with van der Waals surface area (Å²) in [5.74, 6) is -2.04. The van der Waals surface area contributed by atoms with Crippen LogP contribution in [0.4, 0.5) is 21.5 Å². The maximum absolute atomic E-state index is 15.6. The number of para-hydroxylation sites is 1. The molecule has 0 saturated carbocycles. The zero-order valence-electron chi connectivity index (χ0n) is 21.7. The lowest BCUT2D eigenvalue weighted by Gasteiger charge is -2.38. The van der Waals surface area contributed by atoms with E-state index in [4.69, 9.17) is 16.3 Å². The number of carbonyl (C=O) groups is 1. The molecule has 206 valence electrons. The van der Waals surface area contributed by atoms with Gasteiger partial charge in [0.25, 0.3) is 0 Å². The van der Waals surface area contributed by atoms with Crippen molar-refractivity contribution in [1.82, 2.24) is 4.57 Å². The smallest absolute Gasteiger partial charge is 0.341 e. The van der Waals surface area contributed by atoms with Crippen molar-refractivity contribution in [3.05, 3.63) is 93.5 Å². The Hall–Kier alpha value is -4.08. The number of aromatic nitrogens is 1. The Morgan fingerprint density at radius 3 is 2.05 bits per heavy atom. The van der Waals surface area contributed by atoms with Gasteiger partial charge < -0.3 is 29.1 Å². The minimum absolute atomic E-state index is 0.0775. The number of piperazine rings is 1. The first-order valence-corrected chi connectivity index (χ1v) is 13.6. The number of morpholine rings is 1. The highest BCUT2D eigenvalue weighted by atomic mass is 35.5. The van der Waals surface area contributed by atoms with E-state index in [0.717, 1.165) is 30.5 Å². The number of aromatic carboxylic acids is 1. The molecule has 0 atom stereocenters. The van der Waals surface area contributed by atoms with E-state index < -0.39 is 22.8 Å². The summed E-state index contributed by atoms with van der Waals surface area (Å²) in [5.41, 5.74) is 1.97. The zero-order valence-corrected chi connectivity index (χ0v) is 22.5. The Morgan fingerprint density at radius 2 is 1.40 bits per heavy atom. The Morgan fingerprint density at radius 1 is 0.825 bits per heavy atom. The topological polar surface area (TPSA) is 78.2 Å². The van der Waals surface area contributed by atoms with Gasteiger partial charge in [0.05, 0.1) is 34.8 Å². The lowest BCUT2D eigenvalue weighted by atomic mass is 10.1. The van der Waals surface area contributed by atoms with Gasteiger partial charge in [-0.1, -0.05) is 29.8 Å². The molecule has 40 heavy (non-hydrogen) atoms. The van der Waals surface area contributed by atoms with Gasteiger partial charge in [0.2, 0.25) is 5.43 Å². The summed E-state index contributed by atoms with van der Waals surface area (Å²) in [6.07, 6.45) is 1.28. The molecule has 0 radical (unpaired) electrons. The fourth-order valence-corrected chi connectivity index (χ4v) is 5.93. The van der Waals surface area contributed by atoms with Crippen molar-refractivity contribution in [3.8, 4) is 5.69 Å². The van der Waals surface area contributed by atoms with Gasteiger partial charge in [-0.05, 0) is 42.5 Å². The molecule has 0 spiro atoms. The number of anilines is 3. The molecular formula is C30H28ClFN4O4. The molecular weight excluding hydrogens is 535 g/mol. The predicted molar refractivity (Wildman–Crippen MR) is 155 cm³/mol. The van der Waals surface area contributed by atoms with E-state index in [0.29, 0.717) is 45.1 Å². The van der Waals surface area contributed by atoms with Crippen molar-refractivity contribution in [1.29, 1.82) is 0 Å². The third-order valence-electron chi connectivity index (χ3n) is 7.61. The van der Waals surface area contributed by atoms with Crippen LogP contribution in [-0.2, 0) is 4.74 Å². The van der Waals surface area contributed by atoms with Crippen LogP contribution in [0.5, 0.6) is 0 Å². The number of pyridine rings is 1. The molecule has 1 aromatic heterocycles. The molecule has 0 amide bonds. The number of halogens is 2. The van der Waals surface area contributed by atoms with Crippen LogP contribution in [0.3, 0.4) is 0 Å². The summed E-state index contributed by atoms with van der Waals surface area (Å²) in [6, 6.07) is 18.7. The number of carboxylic acids is 1. The van der Waals surface area contributed by atoms with Gasteiger partial charge in [-0.2, -0.15) is 0 Å². The maximum atomic E-state index is 15.6. The first-order valence-electron chi connectivity index (χ1n) is 13.2. The summed E-state index contributed by atoms with van der Waals surface area (Å²) in [6.45, 7) is 5.25. The third kappa shape index (κ3) is 4.76. The normalized spacial score (nSPS) is 16.0. The zero-order chi connectivity index (χ0) is 27.8. The number of nitrogens with zero attached hydrogens (tertiary/aromatic N) is 4. The number of ether oxygens (including phenoxy) is 1. The van der Waals surface area contributed by atoms with Gasteiger partial charge in [0.15, 0.2) is 0 Å². The van der Waals surface area contributed by atoms with Crippen molar-refractivity contribution < 1.29 is 19.0 Å². The van der Waals surface area contributed by atoms with E-state index in [1.807, 2.05) is 59.5 Å². The van der Waals surface area contributed by atoms with Gasteiger partial charge >= 0.3 is 5.97 Å². The number of hydrogen-bond acceptors (Lipinski definition) is 6. The molecule has 0 aliphatic carbocycles. The fourth-order valence-electron chi connectivity index (χ4n) is 5.52. The summed E-state index contributed by atoms with van der Waals surface area (Å²) in [4.78, 5) is 31.4. The van der Waals surface area contributed by atoms with Gasteiger partial charge in [-0.3, -0.25) is 4.79 Å². The van der Waals surface area contributed by atoms with Crippen LogP contribution < -0.4 is 20.1 Å². The summed E-state index contributed by atoms with van der Waals surface area (Å²) >= 11 is 6.92. The van der Waals surface area contributed by atoms with Crippen LogP contribution in [0.2, 0.25) is 5.02 Å². The molecule has 8 nitrogen and oxygen atoms in total. The second-order valence-electron chi connectivity index (χ2n) is 9.89. The Labute approximate surface area is 235 Å². The molecule has 4 aromatic rings. The van der Waals surface area contributed by atoms with Crippen molar-refractivity contribution in [2.24, 2.45) is 0 Å². The van der Waals surface area contributed by atoms with Crippen LogP contribution >= 0.6 is 11.6 Å². The summed E-state index contributed by atoms with van der Waals surface area (Å²) < 4.78 is 22.7. The monoisotopic (exact) mass is 562 g/mol. The second kappa shape index (κ2) is 10.8. The van der Waals surface area contributed by atoms with Crippen LogP contribution in [0, 0.1) is 5.82 Å². The Kier molecular flexibility index (Phi) is 7.08. The molecule has 2 aliphatic heterocycles. The van der Waals surface area contributed by atoms with Crippen molar-refractivity contribution in [3.63, 3.8) is 0 Å². The average molecular weight is 563 g/mol. The summed E-state index contributed by atoms with van der Waals surface area (Å²) in [7, 11) is 0. The van der Waals surface area contributed by atoms with Crippen molar-refractivity contribution >= 4 is 45.5 Å². The molecule has 2 fully saturated rings. The van der Waals surface area contributed by atoms with E-state index in [9.17, 15) is 14.7 Å². The number of rotatable bonds is 5. The van der Waals surface area contributed by atoms with Crippen molar-refractivity contribution in [2.45, 2.75) is 0 Å². The first kappa shape index (κ1) is 26.2. The molecule has 0 bridgehead atoms. The van der Waals surface area contributed by atoms with Crippen LogP contribution in [0.15, 0.2) is 71.7 Å². The molecule has 1 N–H and O–H groups in total. The minimum Gasteiger partial charge on any atom is -0.477 e. The number of fused-ring (bicyclic) bond motifs is 1. The van der Waals surface area contributed by atoms with Crippen LogP contribution in [0.25, 0.3) is 16.6 Å². The molecule has 3 aromatic carbocycles. The lowest BCUT2D eigenvalue weighted by molar-refractivity contribution is 0.0695. The SMILES string of the molecule is O=C(O)c1cn(-c2ccc(N3CCOCC3)cc2)c2c(Cl)c(N3CCN(c4ccccc4)CC3)c(F)cc2c1=O. The van der Waals surface area contributed by atoms with Gasteiger partial charge in [0, 0.05) is 62.5 Å². The quantitative estimate of drug-likeness (QED) is 0.379. The highest BCUT2D eigenvalue weighted by Gasteiger charge is 2.27. The Bertz CT molecular complexity index is 1610. The van der Waals surface area contributed by atoms with Crippen LogP contribution in [0.1, 0.15) is 10.4 Å². The molecule has 2 aliphatic rings. The summed E-state index contributed by atoms with van der Waals surface area (Å²) in [5, 5.41) is 9.76. The largest absolute Gasteiger partial charge is 0.477 e. The van der Waals surface area contributed by atoms with Gasteiger partial charge in [-0.25, -0.2) is 9.18 Å². The third-order valence-corrected chi connectivity index (χ3v) is 7.97. The molecule has 6 rings (SSSR count). The van der Waals surface area contributed by atoms with Gasteiger partial charge in [-0.15, -0.1) is 0 Å². The molecule has 2 saturated heterocycles. The lowest BCUT2D eigenvalue weighted by Crippen LogP contribution is -2.47. The number of hydrogen-bond donors (Lipinski definition) is 1. The highest BCUT2D eigenvalue weighted by molar-refractivity contribution is 6.38. The minimum atomic E-state index is -1.39. The van der Waals surface area contributed by atoms with E-state index in [1.165, 1.54) is 6.20 Å². The fraction of sp³-hybridized carbons (Fsp3) is 0.267. The van der Waals surface area contributed by atoms with E-state index >= 15 is 4.39 Å². The predicted octanol–water partition coefficient (Wildman–Crippen LogP) is 4.64. The Balaban J connectivity index is 1.42. The standard InChI is InChI=1S/C30H28ClFN4O4/c31-26-27-23(18-25(32)28(26)35-12-10-33(11-13-35)20-4-2-1-3-5-20)29(37)24(30(38)39)19-36(27)22-8-6-21(7-9-22)34-14-16-40-17-15-34/h1-9,18-19H,10-17H2,(H,38,39). The molecule has 10 heteroatoms. The molecule has 0 unspecified atom stereocenters. The number of benzene rings is 3. The van der Waals surface area contributed by atoms with E-state index in [2.05, 4.69) is 9.80 Å².